The molecule has 1 aromatic rings. The highest BCUT2D eigenvalue weighted by molar-refractivity contribution is 7.89. The number of hydrogen-bond acceptors (Lipinski definition) is 4. The fourth-order valence-electron chi connectivity index (χ4n) is 3.15. The molecule has 0 aliphatic carbocycles. The predicted octanol–water partition coefficient (Wildman–Crippen LogP) is 1.07. The van der Waals surface area contributed by atoms with Crippen LogP contribution in [0, 0.1) is 11.3 Å². The van der Waals surface area contributed by atoms with E-state index in [2.05, 4.69) is 5.32 Å². The molecule has 6 heteroatoms. The molecule has 0 saturated carbocycles. The van der Waals surface area contributed by atoms with Crippen LogP contribution >= 0.6 is 0 Å². The highest BCUT2D eigenvalue weighted by Crippen LogP contribution is 2.33. The van der Waals surface area contributed by atoms with Crippen molar-refractivity contribution in [2.45, 2.75) is 36.2 Å². The van der Waals surface area contributed by atoms with Crippen LogP contribution in [-0.4, -0.2) is 37.9 Å². The highest BCUT2D eigenvalue weighted by atomic mass is 32.2. The van der Waals surface area contributed by atoms with Crippen molar-refractivity contribution in [1.29, 1.82) is 5.26 Å². The lowest BCUT2D eigenvalue weighted by Gasteiger charge is -2.26. The molecule has 0 radical (unpaired) electrons. The van der Waals surface area contributed by atoms with Crippen LogP contribution in [0.15, 0.2) is 29.2 Å². The van der Waals surface area contributed by atoms with Gasteiger partial charge < -0.3 is 5.32 Å². The fourth-order valence-corrected chi connectivity index (χ4v) is 5.05. The SMILES string of the molecule is N#Cc1ccc(S(=O)(=O)N2C3CCNCC2CC3)cc1. The second-order valence-electron chi connectivity index (χ2n) is 5.35. The van der Waals surface area contributed by atoms with Gasteiger partial charge in [-0.1, -0.05) is 0 Å². The van der Waals surface area contributed by atoms with Crippen molar-refractivity contribution >= 4 is 10.0 Å². The van der Waals surface area contributed by atoms with Crippen LogP contribution in [-0.2, 0) is 10.0 Å². The first-order valence-electron chi connectivity index (χ1n) is 6.87. The minimum absolute atomic E-state index is 0.0585. The molecular weight excluding hydrogens is 274 g/mol. The zero-order valence-electron chi connectivity index (χ0n) is 11.1. The summed E-state index contributed by atoms with van der Waals surface area (Å²) >= 11 is 0. The van der Waals surface area contributed by atoms with E-state index in [1.54, 1.807) is 16.4 Å². The van der Waals surface area contributed by atoms with Crippen LogP contribution in [0.4, 0.5) is 0 Å². The molecule has 1 N–H and O–H groups in total. The van der Waals surface area contributed by atoms with Crippen LogP contribution in [0.5, 0.6) is 0 Å². The number of nitriles is 1. The summed E-state index contributed by atoms with van der Waals surface area (Å²) in [7, 11) is -3.46. The van der Waals surface area contributed by atoms with Gasteiger partial charge in [0, 0.05) is 18.6 Å². The quantitative estimate of drug-likeness (QED) is 0.884. The summed E-state index contributed by atoms with van der Waals surface area (Å²) < 4.78 is 27.3. The Bertz CT molecular complexity index is 619. The molecule has 2 aliphatic heterocycles. The summed E-state index contributed by atoms with van der Waals surface area (Å²) in [5.74, 6) is 0. The number of nitrogens with one attached hydrogen (secondary N) is 1. The van der Waals surface area contributed by atoms with Gasteiger partial charge in [0.15, 0.2) is 0 Å². The van der Waals surface area contributed by atoms with E-state index in [9.17, 15) is 8.42 Å². The summed E-state index contributed by atoms with van der Waals surface area (Å²) in [6.07, 6.45) is 2.74. The van der Waals surface area contributed by atoms with E-state index in [-0.39, 0.29) is 17.0 Å². The third kappa shape index (κ3) is 2.22. The second-order valence-corrected chi connectivity index (χ2v) is 7.19. The van der Waals surface area contributed by atoms with E-state index < -0.39 is 10.0 Å². The third-order valence-electron chi connectivity index (χ3n) is 4.15. The Kier molecular flexibility index (Phi) is 3.50. The van der Waals surface area contributed by atoms with Crippen molar-refractivity contribution in [1.82, 2.24) is 9.62 Å². The summed E-state index contributed by atoms with van der Waals surface area (Å²) in [5, 5.41) is 12.1. The summed E-state index contributed by atoms with van der Waals surface area (Å²) in [6, 6.07) is 8.36. The molecule has 2 unspecified atom stereocenters. The van der Waals surface area contributed by atoms with Gasteiger partial charge in [-0.3, -0.25) is 0 Å². The van der Waals surface area contributed by atoms with Crippen molar-refractivity contribution in [2.75, 3.05) is 13.1 Å². The van der Waals surface area contributed by atoms with Crippen LogP contribution in [0.1, 0.15) is 24.8 Å². The average molecular weight is 291 g/mol. The Balaban J connectivity index is 1.96. The molecule has 2 bridgehead atoms. The fraction of sp³-hybridized carbons (Fsp3) is 0.500. The van der Waals surface area contributed by atoms with Crippen LogP contribution < -0.4 is 5.32 Å². The lowest BCUT2D eigenvalue weighted by Crippen LogP contribution is -2.42. The summed E-state index contributed by atoms with van der Waals surface area (Å²) in [6.45, 7) is 1.60. The maximum Gasteiger partial charge on any atom is 0.243 e. The zero-order chi connectivity index (χ0) is 14.2. The Morgan fingerprint density at radius 2 is 1.85 bits per heavy atom. The number of rotatable bonds is 2. The lowest BCUT2D eigenvalue weighted by molar-refractivity contribution is 0.334. The number of hydrogen-bond donors (Lipinski definition) is 1. The smallest absolute Gasteiger partial charge is 0.243 e. The maximum atomic E-state index is 12.8. The number of nitrogens with zero attached hydrogens (tertiary/aromatic N) is 2. The van der Waals surface area contributed by atoms with Crippen molar-refractivity contribution in [3.8, 4) is 6.07 Å². The number of fused-ring (bicyclic) bond motifs is 2. The minimum atomic E-state index is -3.46. The van der Waals surface area contributed by atoms with Gasteiger partial charge in [0.1, 0.15) is 0 Å². The minimum Gasteiger partial charge on any atom is -0.315 e. The van der Waals surface area contributed by atoms with E-state index in [1.807, 2.05) is 6.07 Å². The Morgan fingerprint density at radius 1 is 1.15 bits per heavy atom. The van der Waals surface area contributed by atoms with E-state index >= 15 is 0 Å². The van der Waals surface area contributed by atoms with Gasteiger partial charge in [0.2, 0.25) is 10.0 Å². The third-order valence-corrected chi connectivity index (χ3v) is 6.17. The van der Waals surface area contributed by atoms with Gasteiger partial charge in [0.05, 0.1) is 16.5 Å². The maximum absolute atomic E-state index is 12.8. The largest absolute Gasteiger partial charge is 0.315 e. The Labute approximate surface area is 119 Å². The van der Waals surface area contributed by atoms with Crippen LogP contribution in [0.25, 0.3) is 0 Å². The summed E-state index contributed by atoms with van der Waals surface area (Å²) in [5.41, 5.74) is 0.476. The molecule has 5 nitrogen and oxygen atoms in total. The molecule has 3 rings (SSSR count). The second kappa shape index (κ2) is 5.17. The zero-order valence-corrected chi connectivity index (χ0v) is 11.9. The Morgan fingerprint density at radius 3 is 2.55 bits per heavy atom. The van der Waals surface area contributed by atoms with Crippen LogP contribution in [0.3, 0.4) is 0 Å². The van der Waals surface area contributed by atoms with E-state index in [4.69, 9.17) is 5.26 Å². The first-order chi connectivity index (χ1) is 9.63. The molecular formula is C14H17N3O2S. The molecule has 2 fully saturated rings. The first kappa shape index (κ1) is 13.6. The van der Waals surface area contributed by atoms with E-state index in [0.29, 0.717) is 5.56 Å². The predicted molar refractivity (Wildman–Crippen MR) is 74.5 cm³/mol. The monoisotopic (exact) mass is 291 g/mol. The molecule has 2 saturated heterocycles. The average Bonchev–Trinajstić information content (AvgIpc) is 2.73. The molecule has 106 valence electrons. The first-order valence-corrected chi connectivity index (χ1v) is 8.31. The van der Waals surface area contributed by atoms with Gasteiger partial charge >= 0.3 is 0 Å². The van der Waals surface area contributed by atoms with Crippen LogP contribution in [0.2, 0.25) is 0 Å². The molecule has 0 spiro atoms. The van der Waals surface area contributed by atoms with Crippen molar-refractivity contribution in [3.63, 3.8) is 0 Å². The topological polar surface area (TPSA) is 73.2 Å². The number of benzene rings is 1. The van der Waals surface area contributed by atoms with Crippen molar-refractivity contribution in [3.05, 3.63) is 29.8 Å². The Hall–Kier alpha value is -1.42. The van der Waals surface area contributed by atoms with E-state index in [0.717, 1.165) is 32.4 Å². The molecule has 2 heterocycles. The normalized spacial score (nSPS) is 26.9. The molecule has 0 amide bonds. The molecule has 2 atom stereocenters. The number of sulfonamides is 1. The standard InChI is InChI=1S/C14H17N3O2S/c15-9-11-1-5-14(6-2-11)20(18,19)17-12-3-4-13(17)10-16-8-7-12/h1-2,5-6,12-13,16H,3-4,7-8,10H2. The van der Waals surface area contributed by atoms with Crippen molar-refractivity contribution < 1.29 is 8.42 Å². The van der Waals surface area contributed by atoms with Gasteiger partial charge in [0.25, 0.3) is 0 Å². The molecule has 2 aliphatic rings. The van der Waals surface area contributed by atoms with Crippen molar-refractivity contribution in [2.24, 2.45) is 0 Å². The summed E-state index contributed by atoms with van der Waals surface area (Å²) in [4.78, 5) is 0.287. The van der Waals surface area contributed by atoms with E-state index in [1.165, 1.54) is 12.1 Å². The van der Waals surface area contributed by atoms with Gasteiger partial charge in [-0.05, 0) is 50.1 Å². The van der Waals surface area contributed by atoms with Gasteiger partial charge in [-0.2, -0.15) is 9.57 Å². The molecule has 20 heavy (non-hydrogen) atoms. The molecule has 1 aromatic carbocycles. The lowest BCUT2D eigenvalue weighted by atomic mass is 10.1. The highest BCUT2D eigenvalue weighted by Gasteiger charge is 2.42. The van der Waals surface area contributed by atoms with Gasteiger partial charge in [-0.15, -0.1) is 0 Å². The molecule has 0 aromatic heterocycles. The van der Waals surface area contributed by atoms with Gasteiger partial charge in [-0.25, -0.2) is 8.42 Å².